The van der Waals surface area contributed by atoms with E-state index in [0.29, 0.717) is 5.71 Å². The number of amides is 4. The lowest BCUT2D eigenvalue weighted by Crippen LogP contribution is -2.67. The van der Waals surface area contributed by atoms with Crippen LogP contribution in [0.25, 0.3) is 0 Å². The van der Waals surface area contributed by atoms with Crippen LogP contribution in [0.5, 0.6) is 0 Å². The highest BCUT2D eigenvalue weighted by atomic mass is 16.2. The number of carbonyl (C=O) groups excluding carboxylic acids is 3. The minimum Gasteiger partial charge on any atom is -0.284 e. The zero-order chi connectivity index (χ0) is 15.9. The highest BCUT2D eigenvalue weighted by molar-refractivity contribution is 6.00. The molecule has 116 valence electrons. The molecule has 0 saturated carbocycles. The van der Waals surface area contributed by atoms with Gasteiger partial charge in [-0.15, -0.1) is 0 Å². The molecular weight excluding hydrogens is 288 g/mol. The SMILES string of the molecule is C/C(=N\NC(=O)CNC1NNC(=O)NC1=O)c1ccccc1. The van der Waals surface area contributed by atoms with Crippen molar-refractivity contribution in [1.82, 2.24) is 26.9 Å². The van der Waals surface area contributed by atoms with Crippen LogP contribution in [0.4, 0.5) is 4.79 Å². The predicted octanol–water partition coefficient (Wildman–Crippen LogP) is -1.21. The second-order valence-electron chi connectivity index (χ2n) is 4.50. The van der Waals surface area contributed by atoms with E-state index in [1.54, 1.807) is 6.92 Å². The van der Waals surface area contributed by atoms with Gasteiger partial charge in [0.25, 0.3) is 11.8 Å². The highest BCUT2D eigenvalue weighted by Crippen LogP contribution is 1.99. The van der Waals surface area contributed by atoms with Crippen molar-refractivity contribution in [1.29, 1.82) is 0 Å². The summed E-state index contributed by atoms with van der Waals surface area (Å²) in [6.45, 7) is 1.63. The van der Waals surface area contributed by atoms with Crippen LogP contribution in [-0.2, 0) is 9.59 Å². The van der Waals surface area contributed by atoms with Crippen molar-refractivity contribution in [3.8, 4) is 0 Å². The van der Waals surface area contributed by atoms with Gasteiger partial charge in [0.1, 0.15) is 0 Å². The molecule has 1 heterocycles. The van der Waals surface area contributed by atoms with E-state index < -0.39 is 24.0 Å². The minimum atomic E-state index is -0.886. The largest absolute Gasteiger partial charge is 0.335 e. The van der Waals surface area contributed by atoms with E-state index >= 15 is 0 Å². The summed E-state index contributed by atoms with van der Waals surface area (Å²) < 4.78 is 0. The Morgan fingerprint density at radius 3 is 2.68 bits per heavy atom. The molecule has 1 aliphatic rings. The molecule has 0 aromatic heterocycles. The van der Waals surface area contributed by atoms with Gasteiger partial charge in [-0.25, -0.2) is 15.6 Å². The topological polar surface area (TPSA) is 124 Å². The van der Waals surface area contributed by atoms with Gasteiger partial charge in [0, 0.05) is 0 Å². The van der Waals surface area contributed by atoms with Crippen LogP contribution in [-0.4, -0.2) is 36.3 Å². The number of nitrogens with zero attached hydrogens (tertiary/aromatic N) is 1. The molecule has 1 unspecified atom stereocenters. The molecule has 4 amide bonds. The van der Waals surface area contributed by atoms with Crippen molar-refractivity contribution in [2.24, 2.45) is 5.10 Å². The maximum atomic E-state index is 11.7. The molecular formula is C13H16N6O3. The number of hydrogen-bond acceptors (Lipinski definition) is 6. The van der Waals surface area contributed by atoms with E-state index in [4.69, 9.17) is 0 Å². The van der Waals surface area contributed by atoms with Crippen molar-refractivity contribution in [3.05, 3.63) is 35.9 Å². The maximum absolute atomic E-state index is 11.7. The lowest BCUT2D eigenvalue weighted by molar-refractivity contribution is -0.124. The number of benzene rings is 1. The van der Waals surface area contributed by atoms with E-state index in [1.807, 2.05) is 30.3 Å². The zero-order valence-corrected chi connectivity index (χ0v) is 11.8. The number of rotatable bonds is 5. The van der Waals surface area contributed by atoms with Gasteiger partial charge in [-0.2, -0.15) is 5.10 Å². The van der Waals surface area contributed by atoms with Gasteiger partial charge in [-0.3, -0.25) is 25.6 Å². The Morgan fingerprint density at radius 2 is 2.00 bits per heavy atom. The van der Waals surface area contributed by atoms with E-state index in [-0.39, 0.29) is 6.54 Å². The standard InChI is InChI=1S/C13H16N6O3/c1-8(9-5-3-2-4-6-9)16-17-10(20)7-14-11-12(21)15-13(22)19-18-11/h2-6,11,14,18H,7H2,1H3,(H,17,20)(H2,15,19,21,22)/b16-8+. The lowest BCUT2D eigenvalue weighted by Gasteiger charge is -2.23. The summed E-state index contributed by atoms with van der Waals surface area (Å²) in [7, 11) is 0. The third-order valence-corrected chi connectivity index (χ3v) is 2.84. The van der Waals surface area contributed by atoms with Crippen molar-refractivity contribution in [2.75, 3.05) is 6.54 Å². The lowest BCUT2D eigenvalue weighted by atomic mass is 10.1. The molecule has 0 aliphatic carbocycles. The van der Waals surface area contributed by atoms with E-state index in [9.17, 15) is 14.4 Å². The summed E-state index contributed by atoms with van der Waals surface area (Å²) >= 11 is 0. The van der Waals surface area contributed by atoms with Gasteiger partial charge >= 0.3 is 6.03 Å². The first-order valence-electron chi connectivity index (χ1n) is 6.54. The van der Waals surface area contributed by atoms with Crippen molar-refractivity contribution in [2.45, 2.75) is 13.1 Å². The second-order valence-corrected chi connectivity index (χ2v) is 4.50. The summed E-state index contributed by atoms with van der Waals surface area (Å²) in [4.78, 5) is 33.9. The van der Waals surface area contributed by atoms with Gasteiger partial charge in [0.2, 0.25) is 0 Å². The number of carbonyl (C=O) groups is 3. The fourth-order valence-electron chi connectivity index (χ4n) is 1.69. The summed E-state index contributed by atoms with van der Waals surface area (Å²) in [6, 6.07) is 8.75. The van der Waals surface area contributed by atoms with Crippen LogP contribution in [0, 0.1) is 0 Å². The molecule has 2 rings (SSSR count). The molecule has 1 aliphatic heterocycles. The van der Waals surface area contributed by atoms with Gasteiger partial charge < -0.3 is 0 Å². The number of nitrogens with one attached hydrogen (secondary N) is 5. The molecule has 5 N–H and O–H groups in total. The third-order valence-electron chi connectivity index (χ3n) is 2.84. The first-order chi connectivity index (χ1) is 10.6. The van der Waals surface area contributed by atoms with Crippen LogP contribution >= 0.6 is 0 Å². The summed E-state index contributed by atoms with van der Waals surface area (Å²) in [5.41, 5.74) is 8.58. The Bertz CT molecular complexity index is 601. The molecule has 1 saturated heterocycles. The molecule has 1 aromatic rings. The van der Waals surface area contributed by atoms with Crippen molar-refractivity contribution >= 4 is 23.6 Å². The van der Waals surface area contributed by atoms with Gasteiger partial charge in [0.05, 0.1) is 12.3 Å². The fourth-order valence-corrected chi connectivity index (χ4v) is 1.69. The normalized spacial score (nSPS) is 18.4. The second kappa shape index (κ2) is 7.29. The minimum absolute atomic E-state index is 0.146. The summed E-state index contributed by atoms with van der Waals surface area (Å²) in [5.74, 6) is -0.984. The van der Waals surface area contributed by atoms with Crippen LogP contribution < -0.4 is 26.9 Å². The zero-order valence-electron chi connectivity index (χ0n) is 11.8. The van der Waals surface area contributed by atoms with Crippen LogP contribution in [0.15, 0.2) is 35.4 Å². The molecule has 9 heteroatoms. The first-order valence-corrected chi connectivity index (χ1v) is 6.54. The molecule has 0 spiro atoms. The van der Waals surface area contributed by atoms with E-state index in [1.165, 1.54) is 0 Å². The number of hydrazone groups is 1. The maximum Gasteiger partial charge on any atom is 0.335 e. The Kier molecular flexibility index (Phi) is 5.17. The number of urea groups is 1. The van der Waals surface area contributed by atoms with Gasteiger partial charge in [0.15, 0.2) is 6.17 Å². The van der Waals surface area contributed by atoms with E-state index in [2.05, 4.69) is 32.0 Å². The quantitative estimate of drug-likeness (QED) is 0.345. The molecule has 0 radical (unpaired) electrons. The summed E-state index contributed by atoms with van der Waals surface area (Å²) in [5, 5.41) is 8.66. The smallest absolute Gasteiger partial charge is 0.284 e. The molecule has 1 fully saturated rings. The van der Waals surface area contributed by atoms with Crippen molar-refractivity contribution < 1.29 is 14.4 Å². The van der Waals surface area contributed by atoms with E-state index in [0.717, 1.165) is 5.56 Å². The molecule has 1 aromatic carbocycles. The van der Waals surface area contributed by atoms with Crippen molar-refractivity contribution in [3.63, 3.8) is 0 Å². The Balaban J connectivity index is 1.79. The van der Waals surface area contributed by atoms with Gasteiger partial charge in [-0.1, -0.05) is 30.3 Å². The number of imide groups is 1. The molecule has 9 nitrogen and oxygen atoms in total. The highest BCUT2D eigenvalue weighted by Gasteiger charge is 2.25. The Morgan fingerprint density at radius 1 is 1.27 bits per heavy atom. The third kappa shape index (κ3) is 4.36. The van der Waals surface area contributed by atoms with Crippen LogP contribution in [0.1, 0.15) is 12.5 Å². The molecule has 22 heavy (non-hydrogen) atoms. The van der Waals surface area contributed by atoms with Crippen LogP contribution in [0.3, 0.4) is 0 Å². The summed E-state index contributed by atoms with van der Waals surface area (Å²) in [6.07, 6.45) is -0.886. The molecule has 1 atom stereocenters. The first kappa shape index (κ1) is 15.6. The number of hydrogen-bond donors (Lipinski definition) is 5. The fraction of sp³-hybridized carbons (Fsp3) is 0.231. The Labute approximate surface area is 126 Å². The number of hydrazine groups is 1. The average molecular weight is 304 g/mol. The average Bonchev–Trinajstić information content (AvgIpc) is 2.52. The Hall–Kier alpha value is -2.78. The molecule has 0 bridgehead atoms. The van der Waals surface area contributed by atoms with Crippen LogP contribution in [0.2, 0.25) is 0 Å². The predicted molar refractivity (Wildman–Crippen MR) is 78.4 cm³/mol. The van der Waals surface area contributed by atoms with Gasteiger partial charge in [-0.05, 0) is 12.5 Å². The monoisotopic (exact) mass is 304 g/mol.